The van der Waals surface area contributed by atoms with E-state index in [1.165, 1.54) is 10.9 Å². The van der Waals surface area contributed by atoms with Gasteiger partial charge in [0.05, 0.1) is 5.92 Å². The van der Waals surface area contributed by atoms with E-state index in [0.717, 1.165) is 34.4 Å². The lowest BCUT2D eigenvalue weighted by atomic mass is 10.1. The van der Waals surface area contributed by atoms with Crippen molar-refractivity contribution in [2.75, 3.05) is 16.8 Å². The minimum atomic E-state index is -0.361. The first-order valence-corrected chi connectivity index (χ1v) is 10.7. The molecule has 5 nitrogen and oxygen atoms in total. The average Bonchev–Trinajstić information content (AvgIpc) is 3.32. The van der Waals surface area contributed by atoms with Crippen molar-refractivity contribution in [1.29, 1.82) is 0 Å². The molecule has 1 fully saturated rings. The van der Waals surface area contributed by atoms with E-state index in [4.69, 9.17) is 0 Å². The smallest absolute Gasteiger partial charge is 0.229 e. The maximum absolute atomic E-state index is 13.0. The number of nitrogens with zero attached hydrogens (tertiary/aromatic N) is 2. The van der Waals surface area contributed by atoms with E-state index in [-0.39, 0.29) is 24.2 Å². The van der Waals surface area contributed by atoms with Crippen molar-refractivity contribution in [3.8, 4) is 0 Å². The molecule has 31 heavy (non-hydrogen) atoms. The second-order valence-electron chi connectivity index (χ2n) is 8.17. The van der Waals surface area contributed by atoms with Gasteiger partial charge in [-0.25, -0.2) is 0 Å². The summed E-state index contributed by atoms with van der Waals surface area (Å²) in [4.78, 5) is 27.3. The molecule has 1 atom stereocenters. The maximum Gasteiger partial charge on any atom is 0.229 e. The van der Waals surface area contributed by atoms with Gasteiger partial charge in [-0.15, -0.1) is 0 Å². The van der Waals surface area contributed by atoms with Crippen LogP contribution in [0.25, 0.3) is 21.8 Å². The van der Waals surface area contributed by atoms with Crippen LogP contribution in [0.2, 0.25) is 0 Å². The van der Waals surface area contributed by atoms with E-state index < -0.39 is 0 Å². The van der Waals surface area contributed by atoms with Gasteiger partial charge in [-0.3, -0.25) is 9.59 Å². The Morgan fingerprint density at radius 2 is 1.74 bits per heavy atom. The first-order valence-electron chi connectivity index (χ1n) is 10.7. The van der Waals surface area contributed by atoms with E-state index in [9.17, 15) is 9.59 Å². The molecule has 1 N–H and O–H groups in total. The average molecular weight is 412 g/mol. The fraction of sp³-hybridized carbons (Fsp3) is 0.231. The minimum Gasteiger partial charge on any atom is -0.341 e. The van der Waals surface area contributed by atoms with Gasteiger partial charge in [0, 0.05) is 52.7 Å². The van der Waals surface area contributed by atoms with E-state index in [1.807, 2.05) is 55.5 Å². The summed E-state index contributed by atoms with van der Waals surface area (Å²) < 4.78 is 2.28. The Balaban J connectivity index is 1.40. The molecule has 4 aromatic rings. The highest BCUT2D eigenvalue weighted by Crippen LogP contribution is 2.32. The summed E-state index contributed by atoms with van der Waals surface area (Å²) in [6.45, 7) is 5.42. The number of amides is 2. The molecular formula is C26H25N3O2. The van der Waals surface area contributed by atoms with Crippen molar-refractivity contribution in [1.82, 2.24) is 4.57 Å². The zero-order valence-corrected chi connectivity index (χ0v) is 17.8. The van der Waals surface area contributed by atoms with Crippen molar-refractivity contribution in [2.45, 2.75) is 26.8 Å². The Kier molecular flexibility index (Phi) is 4.74. The fourth-order valence-electron chi connectivity index (χ4n) is 4.70. The van der Waals surface area contributed by atoms with E-state index >= 15 is 0 Å². The van der Waals surface area contributed by atoms with Crippen LogP contribution in [0.3, 0.4) is 0 Å². The maximum atomic E-state index is 13.0. The van der Waals surface area contributed by atoms with Crippen molar-refractivity contribution >= 4 is 45.0 Å². The van der Waals surface area contributed by atoms with Gasteiger partial charge < -0.3 is 14.8 Å². The molecular weight excluding hydrogens is 386 g/mol. The van der Waals surface area contributed by atoms with Gasteiger partial charge in [0.1, 0.15) is 0 Å². The normalized spacial score (nSPS) is 16.4. The van der Waals surface area contributed by atoms with Crippen LogP contribution in [-0.4, -0.2) is 22.9 Å². The number of carbonyl (C=O) groups excluding carboxylic acids is 2. The first kappa shape index (κ1) is 19.4. The number of nitrogens with one attached hydrogen (secondary N) is 1. The summed E-state index contributed by atoms with van der Waals surface area (Å²) in [5, 5.41) is 5.35. The molecule has 1 aliphatic rings. The number of aromatic nitrogens is 1. The molecule has 5 heteroatoms. The molecule has 0 bridgehead atoms. The third kappa shape index (κ3) is 3.26. The number of hydrogen-bond donors (Lipinski definition) is 1. The predicted molar refractivity (Wildman–Crippen MR) is 125 cm³/mol. The Bertz CT molecular complexity index is 1320. The summed E-state index contributed by atoms with van der Waals surface area (Å²) in [5.41, 5.74) is 5.03. The SMILES string of the molecule is CCn1c2ccccc2c2cc(NC(=O)C3CC(=O)N(c4ccccc4C)C3)ccc21. The first-order chi connectivity index (χ1) is 15.1. The molecule has 1 saturated heterocycles. The van der Waals surface area contributed by atoms with Crippen LogP contribution in [0.15, 0.2) is 66.7 Å². The van der Waals surface area contributed by atoms with Gasteiger partial charge in [0.25, 0.3) is 0 Å². The lowest BCUT2D eigenvalue weighted by molar-refractivity contribution is -0.122. The molecule has 0 spiro atoms. The number of rotatable bonds is 4. The predicted octanol–water partition coefficient (Wildman–Crippen LogP) is 5.11. The molecule has 2 amide bonds. The Morgan fingerprint density at radius 1 is 1.00 bits per heavy atom. The molecule has 1 unspecified atom stereocenters. The molecule has 0 aliphatic carbocycles. The molecule has 0 radical (unpaired) electrons. The number of anilines is 2. The molecule has 3 aromatic carbocycles. The van der Waals surface area contributed by atoms with Crippen molar-refractivity contribution in [2.24, 2.45) is 5.92 Å². The highest BCUT2D eigenvalue weighted by molar-refractivity contribution is 6.10. The Hall–Kier alpha value is -3.60. The summed E-state index contributed by atoms with van der Waals surface area (Å²) in [5.74, 6) is -0.473. The number of carbonyl (C=O) groups is 2. The van der Waals surface area contributed by atoms with Crippen molar-refractivity contribution in [3.63, 3.8) is 0 Å². The number of para-hydroxylation sites is 2. The van der Waals surface area contributed by atoms with Gasteiger partial charge in [-0.05, 0) is 49.7 Å². The molecule has 2 heterocycles. The van der Waals surface area contributed by atoms with Crippen LogP contribution >= 0.6 is 0 Å². The van der Waals surface area contributed by atoms with Crippen LogP contribution in [0.5, 0.6) is 0 Å². The third-order valence-corrected chi connectivity index (χ3v) is 6.26. The largest absolute Gasteiger partial charge is 0.341 e. The van der Waals surface area contributed by atoms with Crippen molar-refractivity contribution in [3.05, 3.63) is 72.3 Å². The van der Waals surface area contributed by atoms with Crippen LogP contribution in [0.4, 0.5) is 11.4 Å². The lowest BCUT2D eigenvalue weighted by Crippen LogP contribution is -2.28. The van der Waals surface area contributed by atoms with Gasteiger partial charge in [0.15, 0.2) is 0 Å². The van der Waals surface area contributed by atoms with E-state index in [0.29, 0.717) is 6.54 Å². The van der Waals surface area contributed by atoms with E-state index in [2.05, 4.69) is 35.0 Å². The third-order valence-electron chi connectivity index (χ3n) is 6.26. The zero-order chi connectivity index (χ0) is 21.5. The van der Waals surface area contributed by atoms with Crippen LogP contribution in [0.1, 0.15) is 18.9 Å². The summed E-state index contributed by atoms with van der Waals surface area (Å²) in [6, 6.07) is 22.2. The van der Waals surface area contributed by atoms with Gasteiger partial charge in [-0.1, -0.05) is 36.4 Å². The van der Waals surface area contributed by atoms with E-state index in [1.54, 1.807) is 4.90 Å². The number of benzene rings is 3. The summed E-state index contributed by atoms with van der Waals surface area (Å²) in [7, 11) is 0. The Labute approximate surface area is 181 Å². The number of hydrogen-bond acceptors (Lipinski definition) is 2. The molecule has 1 aliphatic heterocycles. The Morgan fingerprint density at radius 3 is 2.55 bits per heavy atom. The second kappa shape index (κ2) is 7.58. The van der Waals surface area contributed by atoms with Crippen molar-refractivity contribution < 1.29 is 9.59 Å². The molecule has 1 aromatic heterocycles. The second-order valence-corrected chi connectivity index (χ2v) is 8.17. The molecule has 5 rings (SSSR count). The van der Waals surface area contributed by atoms with Gasteiger partial charge in [0.2, 0.25) is 11.8 Å². The quantitative estimate of drug-likeness (QED) is 0.507. The monoisotopic (exact) mass is 411 g/mol. The summed E-state index contributed by atoms with van der Waals surface area (Å²) in [6.07, 6.45) is 0.234. The standard InChI is InChI=1S/C26H25N3O2/c1-3-28-23-11-7-5-9-20(23)21-15-19(12-13-24(21)28)27-26(31)18-14-25(30)29(16-18)22-10-6-4-8-17(22)2/h4-13,15,18H,3,14,16H2,1-2H3,(H,27,31). The van der Waals surface area contributed by atoms with Gasteiger partial charge >= 0.3 is 0 Å². The minimum absolute atomic E-state index is 0.00378. The molecule has 0 saturated carbocycles. The van der Waals surface area contributed by atoms with Crippen LogP contribution in [-0.2, 0) is 16.1 Å². The lowest BCUT2D eigenvalue weighted by Gasteiger charge is -2.19. The fourth-order valence-corrected chi connectivity index (χ4v) is 4.70. The topological polar surface area (TPSA) is 54.3 Å². The van der Waals surface area contributed by atoms with Gasteiger partial charge in [-0.2, -0.15) is 0 Å². The van der Waals surface area contributed by atoms with Crippen LogP contribution < -0.4 is 10.2 Å². The highest BCUT2D eigenvalue weighted by Gasteiger charge is 2.35. The highest BCUT2D eigenvalue weighted by atomic mass is 16.2. The van der Waals surface area contributed by atoms with Crippen LogP contribution in [0, 0.1) is 12.8 Å². The molecule has 156 valence electrons. The number of fused-ring (bicyclic) bond motifs is 3. The summed E-state index contributed by atoms with van der Waals surface area (Å²) >= 11 is 0. The number of aryl methyl sites for hydroxylation is 2. The zero-order valence-electron chi connectivity index (χ0n) is 17.8.